The fourth-order valence-corrected chi connectivity index (χ4v) is 6.82. The number of carbonyl (C=O) groups is 1. The van der Waals surface area contributed by atoms with Gasteiger partial charge in [0, 0.05) is 34.8 Å². The summed E-state index contributed by atoms with van der Waals surface area (Å²) in [5.41, 5.74) is 8.51. The van der Waals surface area contributed by atoms with E-state index in [-0.39, 0.29) is 18.4 Å². The minimum absolute atomic E-state index is 0.00827. The van der Waals surface area contributed by atoms with Crippen LogP contribution in [0.4, 0.5) is 0 Å². The number of amides is 1. The molecule has 0 bridgehead atoms. The minimum Gasteiger partial charge on any atom is -0.497 e. The summed E-state index contributed by atoms with van der Waals surface area (Å²) in [7, 11) is 1.69. The number of ether oxygens (including phenoxy) is 1. The number of methoxy groups -OCH3 is 1. The van der Waals surface area contributed by atoms with E-state index in [1.165, 1.54) is 16.5 Å². The molecule has 1 saturated carbocycles. The second kappa shape index (κ2) is 12.0. The molecule has 0 unspecified atom stereocenters. The lowest BCUT2D eigenvalue weighted by Crippen LogP contribution is -2.37. The fourth-order valence-electron chi connectivity index (χ4n) is 6.82. The van der Waals surface area contributed by atoms with E-state index in [0.717, 1.165) is 71.5 Å². The molecule has 0 saturated heterocycles. The molecule has 1 amide bonds. The third-order valence-corrected chi connectivity index (χ3v) is 8.88. The summed E-state index contributed by atoms with van der Waals surface area (Å²) in [6, 6.07) is 26.2. The fraction of sp³-hybridized carbons (Fsp3) is 0.333. The molecular weight excluding hydrogens is 522 g/mol. The highest BCUT2D eigenvalue weighted by Gasteiger charge is 2.33. The average molecular weight is 562 g/mol. The van der Waals surface area contributed by atoms with Crippen LogP contribution in [0.2, 0.25) is 0 Å². The van der Waals surface area contributed by atoms with E-state index in [4.69, 9.17) is 9.72 Å². The molecule has 0 aliphatic heterocycles. The Bertz CT molecular complexity index is 1700. The van der Waals surface area contributed by atoms with Gasteiger partial charge in [-0.3, -0.25) is 9.20 Å². The van der Waals surface area contributed by atoms with Crippen LogP contribution in [0.3, 0.4) is 0 Å². The molecule has 42 heavy (non-hydrogen) atoms. The number of aromatic nitrogens is 2. The van der Waals surface area contributed by atoms with Gasteiger partial charge in [-0.2, -0.15) is 0 Å². The highest BCUT2D eigenvalue weighted by atomic mass is 16.5. The number of carbonyl (C=O) groups excluding carboxylic acids is 1. The first-order valence-electron chi connectivity index (χ1n) is 15.0. The number of nitrogens with zero attached hydrogens (tertiary/aromatic N) is 2. The summed E-state index contributed by atoms with van der Waals surface area (Å²) >= 11 is 0. The van der Waals surface area contributed by atoms with Crippen LogP contribution >= 0.6 is 0 Å². The minimum atomic E-state index is -0.420. The molecule has 3 aromatic carbocycles. The van der Waals surface area contributed by atoms with Crippen LogP contribution in [0.5, 0.6) is 5.75 Å². The number of hydrogen-bond donors (Lipinski definition) is 2. The van der Waals surface area contributed by atoms with Gasteiger partial charge in [0.05, 0.1) is 31.2 Å². The molecular formula is C36H39N3O3. The molecule has 0 radical (unpaired) electrons. The molecule has 0 spiro atoms. The van der Waals surface area contributed by atoms with Crippen molar-refractivity contribution < 1.29 is 14.6 Å². The Morgan fingerprint density at radius 3 is 2.43 bits per heavy atom. The third-order valence-electron chi connectivity index (χ3n) is 8.88. The van der Waals surface area contributed by atoms with Gasteiger partial charge < -0.3 is 15.2 Å². The Kier molecular flexibility index (Phi) is 7.98. The van der Waals surface area contributed by atoms with Crippen molar-refractivity contribution in [1.29, 1.82) is 0 Å². The number of nitrogens with one attached hydrogen (secondary N) is 1. The second-order valence-corrected chi connectivity index (χ2v) is 11.7. The zero-order valence-corrected chi connectivity index (χ0v) is 24.6. The highest BCUT2D eigenvalue weighted by molar-refractivity contribution is 5.92. The number of rotatable bonds is 9. The summed E-state index contributed by atoms with van der Waals surface area (Å²) in [6.45, 7) is 4.02. The molecule has 6 nitrogen and oxygen atoms in total. The Labute approximate surface area is 247 Å². The predicted molar refractivity (Wildman–Crippen MR) is 167 cm³/mol. The molecule has 216 valence electrons. The zero-order chi connectivity index (χ0) is 29.2. The maximum Gasteiger partial charge on any atom is 0.228 e. The molecule has 5 aromatic rings. The quantitative estimate of drug-likeness (QED) is 0.207. The molecule has 2 heterocycles. The van der Waals surface area contributed by atoms with Crippen molar-refractivity contribution >= 4 is 22.5 Å². The maximum atomic E-state index is 13.8. The molecule has 1 fully saturated rings. The van der Waals surface area contributed by atoms with Crippen molar-refractivity contribution in [3.63, 3.8) is 0 Å². The van der Waals surface area contributed by atoms with Gasteiger partial charge in [-0.05, 0) is 67.5 Å². The highest BCUT2D eigenvalue weighted by Crippen LogP contribution is 2.38. The van der Waals surface area contributed by atoms with E-state index >= 15 is 0 Å². The number of aryl methyl sites for hydroxylation is 2. The van der Waals surface area contributed by atoms with Crippen molar-refractivity contribution in [3.05, 3.63) is 113 Å². The van der Waals surface area contributed by atoms with E-state index in [9.17, 15) is 9.90 Å². The first-order chi connectivity index (χ1) is 20.5. The number of benzene rings is 3. The Morgan fingerprint density at radius 2 is 1.74 bits per heavy atom. The molecule has 1 aliphatic carbocycles. The van der Waals surface area contributed by atoms with Gasteiger partial charge in [0.2, 0.25) is 5.91 Å². The molecule has 6 rings (SSSR count). The standard InChI is InChI=1S/C36H39N3O3/c1-23-19-24(2)39-33-21-29(42-3)17-18-30(33)31(35(39)37-23)20-25-13-15-28(16-14-25)34(27-11-7-8-12-27)36(41)38-32(22-40)26-9-5-4-6-10-26/h4-6,9-10,13-19,21,27,32,34,40H,7-8,11-12,20,22H2,1-3H3,(H,38,41)/t32-,34-/m0/s1. The average Bonchev–Trinajstić information content (AvgIpc) is 3.64. The number of hydrogen-bond acceptors (Lipinski definition) is 4. The van der Waals surface area contributed by atoms with Crippen molar-refractivity contribution in [2.24, 2.45) is 5.92 Å². The van der Waals surface area contributed by atoms with Gasteiger partial charge >= 0.3 is 0 Å². The van der Waals surface area contributed by atoms with Crippen LogP contribution in [-0.4, -0.2) is 34.1 Å². The smallest absolute Gasteiger partial charge is 0.228 e. The Morgan fingerprint density at radius 1 is 1.00 bits per heavy atom. The van der Waals surface area contributed by atoms with Crippen molar-refractivity contribution in [2.75, 3.05) is 13.7 Å². The van der Waals surface area contributed by atoms with Crippen LogP contribution in [0.1, 0.15) is 71.3 Å². The lowest BCUT2D eigenvalue weighted by molar-refractivity contribution is -0.124. The van der Waals surface area contributed by atoms with Gasteiger partial charge in [-0.1, -0.05) is 67.4 Å². The van der Waals surface area contributed by atoms with Gasteiger partial charge in [0.25, 0.3) is 0 Å². The lowest BCUT2D eigenvalue weighted by Gasteiger charge is -2.26. The molecule has 2 N–H and O–H groups in total. The topological polar surface area (TPSA) is 75.9 Å². The van der Waals surface area contributed by atoms with Crippen LogP contribution in [-0.2, 0) is 11.2 Å². The van der Waals surface area contributed by atoms with Gasteiger partial charge in [-0.25, -0.2) is 4.98 Å². The Hall–Kier alpha value is -4.16. The molecule has 2 aromatic heterocycles. The van der Waals surface area contributed by atoms with E-state index in [2.05, 4.69) is 59.1 Å². The number of aliphatic hydroxyl groups excluding tert-OH is 1. The second-order valence-electron chi connectivity index (χ2n) is 11.7. The summed E-state index contributed by atoms with van der Waals surface area (Å²) in [5, 5.41) is 14.4. The summed E-state index contributed by atoms with van der Waals surface area (Å²) in [4.78, 5) is 18.7. The summed E-state index contributed by atoms with van der Waals surface area (Å²) in [5.74, 6) is 0.876. The van der Waals surface area contributed by atoms with E-state index in [0.29, 0.717) is 5.92 Å². The summed E-state index contributed by atoms with van der Waals surface area (Å²) < 4.78 is 7.76. The van der Waals surface area contributed by atoms with Gasteiger partial charge in [0.15, 0.2) is 0 Å². The van der Waals surface area contributed by atoms with Gasteiger partial charge in [-0.15, -0.1) is 0 Å². The van der Waals surface area contributed by atoms with Crippen LogP contribution in [0, 0.1) is 19.8 Å². The van der Waals surface area contributed by atoms with Crippen molar-refractivity contribution in [2.45, 2.75) is 57.9 Å². The predicted octanol–water partition coefficient (Wildman–Crippen LogP) is 6.83. The lowest BCUT2D eigenvalue weighted by atomic mass is 9.83. The van der Waals surface area contributed by atoms with Crippen molar-refractivity contribution in [1.82, 2.24) is 14.7 Å². The van der Waals surface area contributed by atoms with E-state index in [1.54, 1.807) is 7.11 Å². The molecule has 6 heteroatoms. The van der Waals surface area contributed by atoms with Crippen molar-refractivity contribution in [3.8, 4) is 5.75 Å². The summed E-state index contributed by atoms with van der Waals surface area (Å²) in [6.07, 6.45) is 5.13. The number of aliphatic hydroxyl groups is 1. The van der Waals surface area contributed by atoms with Crippen LogP contribution in [0.25, 0.3) is 16.6 Å². The zero-order valence-electron chi connectivity index (χ0n) is 24.6. The largest absolute Gasteiger partial charge is 0.497 e. The van der Waals surface area contributed by atoms with Crippen LogP contribution < -0.4 is 10.1 Å². The normalized spacial score (nSPS) is 15.2. The first kappa shape index (κ1) is 28.0. The maximum absolute atomic E-state index is 13.8. The van der Waals surface area contributed by atoms with E-state index in [1.807, 2.05) is 43.3 Å². The van der Waals surface area contributed by atoms with Gasteiger partial charge in [0.1, 0.15) is 11.4 Å². The molecule has 2 atom stereocenters. The first-order valence-corrected chi connectivity index (χ1v) is 15.0. The van der Waals surface area contributed by atoms with Crippen LogP contribution in [0.15, 0.2) is 78.9 Å². The Balaban J connectivity index is 1.31. The number of fused-ring (bicyclic) bond motifs is 3. The monoisotopic (exact) mass is 561 g/mol. The van der Waals surface area contributed by atoms with E-state index < -0.39 is 6.04 Å². The third kappa shape index (κ3) is 5.39. The molecule has 1 aliphatic rings. The SMILES string of the molecule is COc1ccc2c(Cc3ccc([C@@H](C(=O)N[C@@H](CO)c4ccccc4)C4CCCC4)cc3)c3nc(C)cc(C)n3c2c1.